The van der Waals surface area contributed by atoms with Gasteiger partial charge in [-0.25, -0.2) is 23.1 Å². The summed E-state index contributed by atoms with van der Waals surface area (Å²) >= 11 is 0. The molecule has 0 aliphatic carbocycles. The van der Waals surface area contributed by atoms with Crippen LogP contribution in [-0.4, -0.2) is 65.4 Å². The van der Waals surface area contributed by atoms with Gasteiger partial charge in [-0.05, 0) is 58.4 Å². The average Bonchev–Trinajstić information content (AvgIpc) is 3.04. The van der Waals surface area contributed by atoms with Crippen molar-refractivity contribution in [3.8, 4) is 11.7 Å². The van der Waals surface area contributed by atoms with Crippen LogP contribution in [0.5, 0.6) is 5.75 Å². The third-order valence-corrected chi connectivity index (χ3v) is 6.61. The van der Waals surface area contributed by atoms with Gasteiger partial charge in [0, 0.05) is 42.5 Å². The summed E-state index contributed by atoms with van der Waals surface area (Å²) in [5.74, 6) is 0.970. The summed E-state index contributed by atoms with van der Waals surface area (Å²) in [5, 5.41) is 4.57. The summed E-state index contributed by atoms with van der Waals surface area (Å²) in [6.07, 6.45) is 2.00. The maximum Gasteiger partial charge on any atom is 0.251 e. The number of carbonyl (C=O) groups is 1. The van der Waals surface area contributed by atoms with E-state index in [0.717, 1.165) is 34.6 Å². The van der Waals surface area contributed by atoms with E-state index < -0.39 is 9.84 Å². The van der Waals surface area contributed by atoms with Gasteiger partial charge in [-0.2, -0.15) is 5.10 Å². The highest BCUT2D eigenvalue weighted by Gasteiger charge is 2.19. The lowest BCUT2D eigenvalue weighted by atomic mass is 10.1. The Balaban J connectivity index is 1.57. The number of carbonyl (C=O) groups excluding carboxylic acids is 1. The fourth-order valence-corrected chi connectivity index (χ4v) is 4.28. The number of aromatic nitrogens is 4. The van der Waals surface area contributed by atoms with Crippen LogP contribution in [0.4, 0.5) is 0 Å². The molecule has 34 heavy (non-hydrogen) atoms. The Morgan fingerprint density at radius 3 is 2.41 bits per heavy atom. The first-order valence-electron chi connectivity index (χ1n) is 11.0. The topological polar surface area (TPSA) is 107 Å². The Morgan fingerprint density at radius 1 is 1.09 bits per heavy atom. The van der Waals surface area contributed by atoms with Crippen LogP contribution in [0.3, 0.4) is 0 Å². The first kappa shape index (κ1) is 25.4. The number of aryl methyl sites for hydroxylation is 3. The van der Waals surface area contributed by atoms with Gasteiger partial charge in [-0.3, -0.25) is 4.79 Å². The predicted octanol–water partition coefficient (Wildman–Crippen LogP) is 2.77. The summed E-state index contributed by atoms with van der Waals surface area (Å²) in [6.45, 7) is 8.50. The highest BCUT2D eigenvalue weighted by molar-refractivity contribution is 7.90. The Labute approximate surface area is 200 Å². The smallest absolute Gasteiger partial charge is 0.251 e. The molecular weight excluding hydrogens is 454 g/mol. The first-order chi connectivity index (χ1) is 16.0. The third-order valence-electron chi connectivity index (χ3n) is 5.50. The SMILES string of the molecule is Cc1cc(C)nc(-n2nc(C)c(CC(=O)N(C)CCCOc3cccc(S(C)(=O)=O)c3)c2C)n1. The lowest BCUT2D eigenvalue weighted by Crippen LogP contribution is -2.30. The maximum atomic E-state index is 12.8. The number of benzene rings is 1. The lowest BCUT2D eigenvalue weighted by Gasteiger charge is -2.17. The fraction of sp³-hybridized carbons (Fsp3) is 0.417. The average molecular weight is 486 g/mol. The van der Waals surface area contributed by atoms with Gasteiger partial charge in [-0.15, -0.1) is 0 Å². The Morgan fingerprint density at radius 2 is 1.76 bits per heavy atom. The van der Waals surface area contributed by atoms with Crippen molar-refractivity contribution in [3.63, 3.8) is 0 Å². The number of likely N-dealkylation sites (N-methyl/N-ethyl adjacent to an activating group) is 1. The van der Waals surface area contributed by atoms with Gasteiger partial charge in [0.15, 0.2) is 9.84 Å². The van der Waals surface area contributed by atoms with E-state index in [4.69, 9.17) is 4.74 Å². The number of ether oxygens (including phenoxy) is 1. The largest absolute Gasteiger partial charge is 0.493 e. The molecule has 0 aliphatic heterocycles. The molecule has 0 atom stereocenters. The first-order valence-corrected chi connectivity index (χ1v) is 12.9. The number of sulfone groups is 1. The second-order valence-corrected chi connectivity index (χ2v) is 10.5. The molecule has 10 heteroatoms. The van der Waals surface area contributed by atoms with Crippen LogP contribution in [0.15, 0.2) is 35.2 Å². The van der Waals surface area contributed by atoms with E-state index >= 15 is 0 Å². The zero-order valence-corrected chi connectivity index (χ0v) is 21.3. The molecule has 0 saturated carbocycles. The molecule has 3 aromatic rings. The van der Waals surface area contributed by atoms with Gasteiger partial charge in [0.2, 0.25) is 5.91 Å². The van der Waals surface area contributed by atoms with E-state index in [-0.39, 0.29) is 17.2 Å². The molecule has 0 radical (unpaired) electrons. The summed E-state index contributed by atoms with van der Waals surface area (Å²) < 4.78 is 30.7. The second kappa shape index (κ2) is 10.3. The van der Waals surface area contributed by atoms with E-state index in [1.807, 2.05) is 33.8 Å². The summed E-state index contributed by atoms with van der Waals surface area (Å²) in [4.78, 5) is 23.7. The number of hydrogen-bond acceptors (Lipinski definition) is 7. The second-order valence-electron chi connectivity index (χ2n) is 8.45. The van der Waals surface area contributed by atoms with Crippen molar-refractivity contribution in [2.45, 2.75) is 45.4 Å². The fourth-order valence-electron chi connectivity index (χ4n) is 3.62. The van der Waals surface area contributed by atoms with Gasteiger partial charge in [0.1, 0.15) is 5.75 Å². The summed E-state index contributed by atoms with van der Waals surface area (Å²) in [5.41, 5.74) is 4.21. The molecule has 182 valence electrons. The molecule has 1 aromatic carbocycles. The Hall–Kier alpha value is -3.27. The third kappa shape index (κ3) is 6.19. The molecule has 2 heterocycles. The van der Waals surface area contributed by atoms with Gasteiger partial charge in [0.05, 0.1) is 23.6 Å². The van der Waals surface area contributed by atoms with Crippen molar-refractivity contribution in [3.05, 3.63) is 58.7 Å². The van der Waals surface area contributed by atoms with Crippen molar-refractivity contribution < 1.29 is 17.9 Å². The highest BCUT2D eigenvalue weighted by atomic mass is 32.2. The van der Waals surface area contributed by atoms with E-state index in [1.54, 1.807) is 28.8 Å². The van der Waals surface area contributed by atoms with E-state index in [0.29, 0.717) is 31.3 Å². The van der Waals surface area contributed by atoms with Crippen molar-refractivity contribution in [2.75, 3.05) is 26.5 Å². The molecule has 0 bridgehead atoms. The zero-order valence-electron chi connectivity index (χ0n) is 20.5. The molecule has 9 nitrogen and oxygen atoms in total. The standard InChI is InChI=1S/C24H31N5O4S/c1-16-13-17(2)26-24(25-16)29-19(4)22(18(3)27-29)15-23(30)28(5)11-8-12-33-20-9-7-10-21(14-20)34(6,31)32/h7,9-10,13-14H,8,11-12,15H2,1-6H3. The van der Waals surface area contributed by atoms with Gasteiger partial charge >= 0.3 is 0 Å². The Bertz CT molecular complexity index is 1280. The normalized spacial score (nSPS) is 11.5. The van der Waals surface area contributed by atoms with Crippen LogP contribution in [0, 0.1) is 27.7 Å². The monoisotopic (exact) mass is 485 g/mol. The number of hydrogen-bond donors (Lipinski definition) is 0. The highest BCUT2D eigenvalue weighted by Crippen LogP contribution is 2.19. The molecule has 0 N–H and O–H groups in total. The molecule has 2 aromatic heterocycles. The van der Waals surface area contributed by atoms with Crippen LogP contribution < -0.4 is 4.74 Å². The minimum absolute atomic E-state index is 0.0221. The molecule has 0 spiro atoms. The van der Waals surface area contributed by atoms with Gasteiger partial charge in [0.25, 0.3) is 5.95 Å². The van der Waals surface area contributed by atoms with Gasteiger partial charge < -0.3 is 9.64 Å². The molecule has 0 fully saturated rings. The van der Waals surface area contributed by atoms with Gasteiger partial charge in [-0.1, -0.05) is 6.07 Å². The molecular formula is C24H31N5O4S. The van der Waals surface area contributed by atoms with E-state index in [2.05, 4.69) is 15.1 Å². The van der Waals surface area contributed by atoms with E-state index in [1.165, 1.54) is 12.1 Å². The number of amides is 1. The van der Waals surface area contributed by atoms with Crippen molar-refractivity contribution in [2.24, 2.45) is 0 Å². The van der Waals surface area contributed by atoms with Crippen LogP contribution >= 0.6 is 0 Å². The Kier molecular flexibility index (Phi) is 7.71. The molecule has 0 saturated heterocycles. The lowest BCUT2D eigenvalue weighted by molar-refractivity contribution is -0.129. The maximum absolute atomic E-state index is 12.8. The predicted molar refractivity (Wildman–Crippen MR) is 129 cm³/mol. The van der Waals surface area contributed by atoms with Crippen LogP contribution in [-0.2, 0) is 21.1 Å². The van der Waals surface area contributed by atoms with Crippen LogP contribution in [0.2, 0.25) is 0 Å². The molecule has 0 aliphatic rings. The number of nitrogens with zero attached hydrogens (tertiary/aromatic N) is 5. The quantitative estimate of drug-likeness (QED) is 0.429. The minimum Gasteiger partial charge on any atom is -0.493 e. The molecule has 3 rings (SSSR count). The summed E-state index contributed by atoms with van der Waals surface area (Å²) in [7, 11) is -1.53. The molecule has 0 unspecified atom stereocenters. The van der Waals surface area contributed by atoms with Crippen molar-refractivity contribution in [1.82, 2.24) is 24.6 Å². The van der Waals surface area contributed by atoms with E-state index in [9.17, 15) is 13.2 Å². The number of rotatable bonds is 9. The van der Waals surface area contributed by atoms with Crippen molar-refractivity contribution in [1.29, 1.82) is 0 Å². The van der Waals surface area contributed by atoms with Crippen LogP contribution in [0.25, 0.3) is 5.95 Å². The zero-order chi connectivity index (χ0) is 25.0. The molecule has 1 amide bonds. The summed E-state index contributed by atoms with van der Waals surface area (Å²) in [6, 6.07) is 8.31. The van der Waals surface area contributed by atoms with Crippen molar-refractivity contribution >= 4 is 15.7 Å². The van der Waals surface area contributed by atoms with Crippen LogP contribution in [0.1, 0.15) is 34.8 Å². The minimum atomic E-state index is -3.29.